The minimum atomic E-state index is -3.06. The lowest BCUT2D eigenvalue weighted by atomic mass is 10.00. The number of anilines is 1. The van der Waals surface area contributed by atoms with Crippen molar-refractivity contribution in [1.82, 2.24) is 5.32 Å². The van der Waals surface area contributed by atoms with E-state index in [9.17, 15) is 22.4 Å². The van der Waals surface area contributed by atoms with Gasteiger partial charge >= 0.3 is 0 Å². The number of carbonyl (C=O) groups is 2. The Balaban J connectivity index is 1.68. The molecule has 0 bridgehead atoms. The fraction of sp³-hybridized carbons (Fsp3) is 0.185. The van der Waals surface area contributed by atoms with E-state index in [4.69, 9.17) is 16.0 Å². The van der Waals surface area contributed by atoms with Crippen molar-refractivity contribution >= 4 is 51.3 Å². The first kappa shape index (κ1) is 25.0. The van der Waals surface area contributed by atoms with Crippen LogP contribution in [0.25, 0.3) is 22.3 Å². The first-order valence-corrected chi connectivity index (χ1v) is 13.1. The lowest BCUT2D eigenvalue weighted by molar-refractivity contribution is 0.0964. The summed E-state index contributed by atoms with van der Waals surface area (Å²) in [5.74, 6) is -0.387. The van der Waals surface area contributed by atoms with Gasteiger partial charge < -0.3 is 9.73 Å². The maximum atomic E-state index is 13.5. The molecule has 190 valence electrons. The maximum absolute atomic E-state index is 13.5. The Kier molecular flexibility index (Phi) is 6.74. The zero-order valence-corrected chi connectivity index (χ0v) is 21.3. The van der Waals surface area contributed by atoms with Crippen LogP contribution in [0.4, 0.5) is 10.1 Å². The van der Waals surface area contributed by atoms with E-state index in [-0.39, 0.29) is 29.2 Å². The number of rotatable bonds is 8. The molecular weight excluding hydrogens is 519 g/mol. The van der Waals surface area contributed by atoms with Crippen LogP contribution in [-0.2, 0) is 17.4 Å². The quantitative estimate of drug-likeness (QED) is 0.228. The van der Waals surface area contributed by atoms with Crippen LogP contribution in [-0.4, -0.2) is 27.7 Å². The number of carbonyl (C=O) groups excluding carboxylic acids is 2. The lowest BCUT2D eigenvalue weighted by Gasteiger charge is -2.21. The molecule has 3 aromatic carbocycles. The van der Waals surface area contributed by atoms with Gasteiger partial charge in [-0.2, -0.15) is 0 Å². The molecule has 0 spiro atoms. The van der Waals surface area contributed by atoms with E-state index in [1.807, 2.05) is 6.07 Å². The van der Waals surface area contributed by atoms with Crippen LogP contribution in [0.2, 0.25) is 5.02 Å². The molecule has 1 aliphatic rings. The molecule has 1 aromatic heterocycles. The minimum Gasteiger partial charge on any atom is -0.455 e. The molecule has 1 heterocycles. The largest absolute Gasteiger partial charge is 0.455 e. The highest BCUT2D eigenvalue weighted by atomic mass is 35.5. The molecule has 0 radical (unpaired) electrons. The Labute approximate surface area is 218 Å². The fourth-order valence-corrected chi connectivity index (χ4v) is 5.29. The van der Waals surface area contributed by atoms with Gasteiger partial charge in [-0.3, -0.25) is 13.9 Å². The van der Waals surface area contributed by atoms with Gasteiger partial charge in [0.05, 0.1) is 22.8 Å². The molecule has 0 unspecified atom stereocenters. The number of thiol groups is 1. The lowest BCUT2D eigenvalue weighted by Crippen LogP contribution is -2.22. The van der Waals surface area contributed by atoms with Crippen molar-refractivity contribution in [2.45, 2.75) is 25.3 Å². The highest BCUT2D eigenvalue weighted by Gasteiger charge is 2.32. The SMILES string of the molecule is CNC(=O)c1c(-c2ccc(F)cc2)oc2cc(N(Cc3ccc(C=O)c(Cl)c3)[SH](=O)=O)c(C3CC3)cc12. The summed E-state index contributed by atoms with van der Waals surface area (Å²) in [7, 11) is -1.55. The van der Waals surface area contributed by atoms with E-state index in [1.54, 1.807) is 24.3 Å². The van der Waals surface area contributed by atoms with Gasteiger partial charge in [0.2, 0.25) is 10.9 Å². The molecule has 0 aliphatic heterocycles. The molecule has 7 nitrogen and oxygen atoms in total. The van der Waals surface area contributed by atoms with Gasteiger partial charge in [0.25, 0.3) is 5.91 Å². The number of furan rings is 1. The third-order valence-corrected chi connectivity index (χ3v) is 7.49. The van der Waals surface area contributed by atoms with E-state index in [0.717, 1.165) is 18.4 Å². The maximum Gasteiger partial charge on any atom is 0.255 e. The van der Waals surface area contributed by atoms with Crippen LogP contribution >= 0.6 is 11.6 Å². The minimum absolute atomic E-state index is 0.00335. The Hall–Kier alpha value is -3.69. The van der Waals surface area contributed by atoms with Crippen LogP contribution in [0.15, 0.2) is 59.0 Å². The number of nitrogens with zero attached hydrogens (tertiary/aromatic N) is 1. The number of nitrogens with one attached hydrogen (secondary N) is 1. The van der Waals surface area contributed by atoms with Crippen molar-refractivity contribution in [3.05, 3.63) is 87.7 Å². The smallest absolute Gasteiger partial charge is 0.255 e. The van der Waals surface area contributed by atoms with E-state index < -0.39 is 16.7 Å². The van der Waals surface area contributed by atoms with E-state index >= 15 is 0 Å². The topological polar surface area (TPSA) is 96.7 Å². The van der Waals surface area contributed by atoms with E-state index in [0.29, 0.717) is 45.2 Å². The van der Waals surface area contributed by atoms with Crippen molar-refractivity contribution in [2.24, 2.45) is 0 Å². The molecule has 4 aromatic rings. The Bertz CT molecular complexity index is 1600. The summed E-state index contributed by atoms with van der Waals surface area (Å²) in [5, 5.41) is 3.41. The van der Waals surface area contributed by atoms with Crippen LogP contribution < -0.4 is 9.62 Å². The summed E-state index contributed by atoms with van der Waals surface area (Å²) >= 11 is 6.16. The van der Waals surface area contributed by atoms with Crippen molar-refractivity contribution in [3.63, 3.8) is 0 Å². The predicted octanol–water partition coefficient (Wildman–Crippen LogP) is 5.47. The number of fused-ring (bicyclic) bond motifs is 1. The van der Waals surface area contributed by atoms with Crippen molar-refractivity contribution < 1.29 is 26.8 Å². The second-order valence-electron chi connectivity index (χ2n) is 8.84. The first-order chi connectivity index (χ1) is 17.8. The molecule has 10 heteroatoms. The van der Waals surface area contributed by atoms with Crippen molar-refractivity contribution in [2.75, 3.05) is 11.4 Å². The first-order valence-electron chi connectivity index (χ1n) is 11.5. The monoisotopic (exact) mass is 540 g/mol. The van der Waals surface area contributed by atoms with Crippen molar-refractivity contribution in [1.29, 1.82) is 0 Å². The molecular formula is C27H22ClFN2O5S. The number of aldehydes is 1. The van der Waals surface area contributed by atoms with E-state index in [1.165, 1.54) is 35.6 Å². The number of amides is 1. The van der Waals surface area contributed by atoms with Gasteiger partial charge in [0, 0.05) is 29.6 Å². The predicted molar refractivity (Wildman–Crippen MR) is 140 cm³/mol. The van der Waals surface area contributed by atoms with E-state index in [2.05, 4.69) is 5.32 Å². The Morgan fingerprint density at radius 1 is 1.16 bits per heavy atom. The molecule has 0 atom stereocenters. The third-order valence-electron chi connectivity index (χ3n) is 6.41. The molecule has 1 saturated carbocycles. The molecule has 37 heavy (non-hydrogen) atoms. The van der Waals surface area contributed by atoms with Gasteiger partial charge in [-0.15, -0.1) is 0 Å². The standard InChI is InChI=1S/C27H22ClFN2O5S/c1-30-27(33)25-21-11-20(16-4-5-16)23(12-24(21)36-26(25)17-6-8-19(29)9-7-17)31(37(34)35)13-15-2-3-18(14-32)22(28)10-15/h2-3,6-12,14,16,37H,4-5,13H2,1H3,(H,30,33). The molecule has 1 fully saturated rings. The third kappa shape index (κ3) is 4.84. The molecule has 0 saturated heterocycles. The summed E-state index contributed by atoms with van der Waals surface area (Å²) < 4.78 is 45.8. The number of hydrogen-bond acceptors (Lipinski definition) is 5. The molecule has 1 N–H and O–H groups in total. The number of hydrogen-bond donors (Lipinski definition) is 2. The second-order valence-corrected chi connectivity index (χ2v) is 10.2. The zero-order chi connectivity index (χ0) is 26.3. The van der Waals surface area contributed by atoms with Gasteiger partial charge in [-0.1, -0.05) is 17.7 Å². The highest BCUT2D eigenvalue weighted by molar-refractivity contribution is 7.74. The van der Waals surface area contributed by atoms with Crippen LogP contribution in [0, 0.1) is 5.82 Å². The summed E-state index contributed by atoms with van der Waals surface area (Å²) in [6.45, 7) is -0.00335. The number of halogens is 2. The Morgan fingerprint density at radius 3 is 2.49 bits per heavy atom. The van der Waals surface area contributed by atoms with Gasteiger partial charge in [0.1, 0.15) is 17.2 Å². The van der Waals surface area contributed by atoms with Gasteiger partial charge in [0.15, 0.2) is 6.29 Å². The average molecular weight is 541 g/mol. The summed E-state index contributed by atoms with van der Waals surface area (Å²) in [5.41, 5.74) is 3.30. The van der Waals surface area contributed by atoms with Crippen LogP contribution in [0.5, 0.6) is 0 Å². The molecule has 1 aliphatic carbocycles. The Morgan fingerprint density at radius 2 is 1.89 bits per heavy atom. The summed E-state index contributed by atoms with van der Waals surface area (Å²) in [4.78, 5) is 24.0. The van der Waals surface area contributed by atoms with Crippen molar-refractivity contribution in [3.8, 4) is 11.3 Å². The zero-order valence-electron chi connectivity index (χ0n) is 19.7. The average Bonchev–Trinajstić information content (AvgIpc) is 3.67. The number of benzene rings is 3. The second kappa shape index (κ2) is 9.99. The molecule has 1 amide bonds. The summed E-state index contributed by atoms with van der Waals surface area (Å²) in [6, 6.07) is 13.8. The normalized spacial score (nSPS) is 13.2. The van der Waals surface area contributed by atoms with Gasteiger partial charge in [-0.05, 0) is 72.4 Å². The summed E-state index contributed by atoms with van der Waals surface area (Å²) in [6.07, 6.45) is 2.41. The highest BCUT2D eigenvalue weighted by Crippen LogP contribution is 2.48. The van der Waals surface area contributed by atoms with Gasteiger partial charge in [-0.25, -0.2) is 12.8 Å². The van der Waals surface area contributed by atoms with Crippen LogP contribution in [0.1, 0.15) is 50.6 Å². The fourth-order valence-electron chi connectivity index (χ4n) is 4.42. The molecule has 5 rings (SSSR count). The van der Waals surface area contributed by atoms with Crippen LogP contribution in [0.3, 0.4) is 0 Å².